The molecule has 2 heterocycles. The summed E-state index contributed by atoms with van der Waals surface area (Å²) in [6.07, 6.45) is 3.24. The molecule has 4 nitrogen and oxygen atoms in total. The number of nitrogens with two attached hydrogens (primary N) is 1. The Labute approximate surface area is 98.2 Å². The van der Waals surface area contributed by atoms with Gasteiger partial charge in [0.05, 0.1) is 11.2 Å². The SMILES string of the molecule is Nc1ncnc2c(-c3ccccn3)cccc12. The molecule has 82 valence electrons. The van der Waals surface area contributed by atoms with E-state index in [9.17, 15) is 0 Å². The zero-order valence-electron chi connectivity index (χ0n) is 9.04. The van der Waals surface area contributed by atoms with E-state index in [0.717, 1.165) is 22.2 Å². The van der Waals surface area contributed by atoms with Crippen LogP contribution < -0.4 is 5.73 Å². The summed E-state index contributed by atoms with van der Waals surface area (Å²) in [7, 11) is 0. The normalized spacial score (nSPS) is 10.6. The van der Waals surface area contributed by atoms with Crippen molar-refractivity contribution in [3.63, 3.8) is 0 Å². The third-order valence-electron chi connectivity index (χ3n) is 2.64. The van der Waals surface area contributed by atoms with Gasteiger partial charge in [0.25, 0.3) is 0 Å². The first-order valence-electron chi connectivity index (χ1n) is 5.27. The molecule has 0 spiro atoms. The fourth-order valence-electron chi connectivity index (χ4n) is 1.84. The second-order valence-electron chi connectivity index (χ2n) is 3.68. The van der Waals surface area contributed by atoms with Crippen molar-refractivity contribution in [2.45, 2.75) is 0 Å². The maximum atomic E-state index is 5.83. The van der Waals surface area contributed by atoms with Gasteiger partial charge in [0, 0.05) is 17.1 Å². The lowest BCUT2D eigenvalue weighted by Gasteiger charge is -2.05. The number of hydrogen-bond acceptors (Lipinski definition) is 4. The quantitative estimate of drug-likeness (QED) is 0.686. The van der Waals surface area contributed by atoms with Crippen LogP contribution in [0.15, 0.2) is 48.9 Å². The fraction of sp³-hybridized carbons (Fsp3) is 0. The molecule has 0 fully saturated rings. The van der Waals surface area contributed by atoms with Gasteiger partial charge in [0.1, 0.15) is 12.1 Å². The predicted molar refractivity (Wildman–Crippen MR) is 67.2 cm³/mol. The Hall–Kier alpha value is -2.49. The van der Waals surface area contributed by atoms with E-state index in [2.05, 4.69) is 15.0 Å². The van der Waals surface area contributed by atoms with Crippen LogP contribution >= 0.6 is 0 Å². The lowest BCUT2D eigenvalue weighted by Crippen LogP contribution is -1.94. The average Bonchev–Trinajstić information content (AvgIpc) is 2.40. The molecular weight excluding hydrogens is 212 g/mol. The number of hydrogen-bond donors (Lipinski definition) is 1. The number of pyridine rings is 1. The molecule has 2 aromatic heterocycles. The van der Waals surface area contributed by atoms with E-state index in [1.165, 1.54) is 6.33 Å². The van der Waals surface area contributed by atoms with Crippen molar-refractivity contribution in [3.8, 4) is 11.3 Å². The standard InChI is InChI=1S/C13H10N4/c14-13-10-5-3-4-9(12(10)16-8-17-13)11-6-1-2-7-15-11/h1-8H,(H2,14,16,17). The summed E-state index contributed by atoms with van der Waals surface area (Å²) < 4.78 is 0. The zero-order chi connectivity index (χ0) is 11.7. The first kappa shape index (κ1) is 9.72. The number of fused-ring (bicyclic) bond motifs is 1. The van der Waals surface area contributed by atoms with Crippen molar-refractivity contribution in [3.05, 3.63) is 48.9 Å². The van der Waals surface area contributed by atoms with E-state index in [1.54, 1.807) is 6.20 Å². The number of benzene rings is 1. The molecule has 0 aliphatic carbocycles. The van der Waals surface area contributed by atoms with Gasteiger partial charge in [-0.1, -0.05) is 18.2 Å². The highest BCUT2D eigenvalue weighted by atomic mass is 14.9. The summed E-state index contributed by atoms with van der Waals surface area (Å²) in [6.45, 7) is 0. The Balaban J connectivity index is 2.35. The van der Waals surface area contributed by atoms with Crippen molar-refractivity contribution < 1.29 is 0 Å². The van der Waals surface area contributed by atoms with Gasteiger partial charge < -0.3 is 5.73 Å². The molecule has 0 saturated heterocycles. The zero-order valence-corrected chi connectivity index (χ0v) is 9.04. The Morgan fingerprint density at radius 1 is 0.882 bits per heavy atom. The smallest absolute Gasteiger partial charge is 0.134 e. The van der Waals surface area contributed by atoms with Crippen LogP contribution in [0.4, 0.5) is 5.82 Å². The first-order chi connectivity index (χ1) is 8.36. The van der Waals surface area contributed by atoms with E-state index in [4.69, 9.17) is 5.73 Å². The summed E-state index contributed by atoms with van der Waals surface area (Å²) >= 11 is 0. The minimum Gasteiger partial charge on any atom is -0.383 e. The van der Waals surface area contributed by atoms with Crippen molar-refractivity contribution in [2.75, 3.05) is 5.73 Å². The molecule has 3 aromatic rings. The van der Waals surface area contributed by atoms with Crippen LogP contribution in [-0.4, -0.2) is 15.0 Å². The molecular formula is C13H10N4. The van der Waals surface area contributed by atoms with Crippen LogP contribution in [0.5, 0.6) is 0 Å². The highest BCUT2D eigenvalue weighted by molar-refractivity contribution is 5.97. The van der Waals surface area contributed by atoms with Gasteiger partial charge in [-0.25, -0.2) is 9.97 Å². The monoisotopic (exact) mass is 222 g/mol. The summed E-state index contributed by atoms with van der Waals surface area (Å²) in [5.41, 5.74) is 8.52. The highest BCUT2D eigenvalue weighted by Crippen LogP contribution is 2.27. The Kier molecular flexibility index (Phi) is 2.19. The van der Waals surface area contributed by atoms with E-state index in [1.807, 2.05) is 36.4 Å². The molecule has 0 saturated carbocycles. The summed E-state index contributed by atoms with van der Waals surface area (Å²) in [5, 5.41) is 0.857. The number of aromatic nitrogens is 3. The number of para-hydroxylation sites is 1. The Bertz CT molecular complexity index is 665. The van der Waals surface area contributed by atoms with Crippen LogP contribution in [0.2, 0.25) is 0 Å². The molecule has 0 aliphatic heterocycles. The largest absolute Gasteiger partial charge is 0.383 e. The second-order valence-corrected chi connectivity index (χ2v) is 3.68. The molecule has 0 unspecified atom stereocenters. The number of rotatable bonds is 1. The molecule has 0 radical (unpaired) electrons. The van der Waals surface area contributed by atoms with Crippen LogP contribution in [0.1, 0.15) is 0 Å². The minimum atomic E-state index is 0.493. The first-order valence-corrected chi connectivity index (χ1v) is 5.27. The van der Waals surface area contributed by atoms with Gasteiger partial charge in [-0.2, -0.15) is 0 Å². The van der Waals surface area contributed by atoms with Crippen molar-refractivity contribution in [2.24, 2.45) is 0 Å². The number of nitrogen functional groups attached to an aromatic ring is 1. The second kappa shape index (κ2) is 3.83. The van der Waals surface area contributed by atoms with Gasteiger partial charge in [-0.05, 0) is 18.2 Å². The van der Waals surface area contributed by atoms with Crippen LogP contribution in [0.3, 0.4) is 0 Å². The van der Waals surface area contributed by atoms with Gasteiger partial charge in [0.2, 0.25) is 0 Å². The summed E-state index contributed by atoms with van der Waals surface area (Å²) in [4.78, 5) is 12.6. The lowest BCUT2D eigenvalue weighted by molar-refractivity contribution is 1.22. The minimum absolute atomic E-state index is 0.493. The topological polar surface area (TPSA) is 64.7 Å². The Morgan fingerprint density at radius 2 is 1.82 bits per heavy atom. The van der Waals surface area contributed by atoms with E-state index in [-0.39, 0.29) is 0 Å². The van der Waals surface area contributed by atoms with Crippen LogP contribution in [0, 0.1) is 0 Å². The van der Waals surface area contributed by atoms with Gasteiger partial charge in [0.15, 0.2) is 0 Å². The van der Waals surface area contributed by atoms with Crippen molar-refractivity contribution in [1.29, 1.82) is 0 Å². The molecule has 0 atom stereocenters. The molecule has 1 aromatic carbocycles. The lowest BCUT2D eigenvalue weighted by atomic mass is 10.1. The maximum absolute atomic E-state index is 5.83. The average molecular weight is 222 g/mol. The van der Waals surface area contributed by atoms with E-state index in [0.29, 0.717) is 5.82 Å². The molecule has 0 amide bonds. The number of nitrogens with zero attached hydrogens (tertiary/aromatic N) is 3. The van der Waals surface area contributed by atoms with E-state index < -0.39 is 0 Å². The third kappa shape index (κ3) is 1.59. The van der Waals surface area contributed by atoms with E-state index >= 15 is 0 Å². The number of anilines is 1. The predicted octanol–water partition coefficient (Wildman–Crippen LogP) is 2.27. The van der Waals surface area contributed by atoms with Crippen LogP contribution in [-0.2, 0) is 0 Å². The third-order valence-corrected chi connectivity index (χ3v) is 2.64. The van der Waals surface area contributed by atoms with Gasteiger partial charge >= 0.3 is 0 Å². The van der Waals surface area contributed by atoms with Gasteiger partial charge in [-0.15, -0.1) is 0 Å². The van der Waals surface area contributed by atoms with Crippen LogP contribution in [0.25, 0.3) is 22.2 Å². The van der Waals surface area contributed by atoms with Crippen molar-refractivity contribution >= 4 is 16.7 Å². The summed E-state index contributed by atoms with van der Waals surface area (Å²) in [5.74, 6) is 0.493. The molecule has 3 rings (SSSR count). The maximum Gasteiger partial charge on any atom is 0.134 e. The molecule has 0 bridgehead atoms. The molecule has 17 heavy (non-hydrogen) atoms. The Morgan fingerprint density at radius 3 is 2.65 bits per heavy atom. The highest BCUT2D eigenvalue weighted by Gasteiger charge is 2.07. The van der Waals surface area contributed by atoms with Gasteiger partial charge in [-0.3, -0.25) is 4.98 Å². The molecule has 2 N–H and O–H groups in total. The molecule has 0 aliphatic rings. The molecule has 4 heteroatoms. The van der Waals surface area contributed by atoms with Crippen molar-refractivity contribution in [1.82, 2.24) is 15.0 Å². The summed E-state index contributed by atoms with van der Waals surface area (Å²) in [6, 6.07) is 11.6. The fourth-order valence-corrected chi connectivity index (χ4v) is 1.84.